The molecule has 2 heterocycles. The molecule has 0 bridgehead atoms. The zero-order valence-electron chi connectivity index (χ0n) is 12.3. The fourth-order valence-corrected chi connectivity index (χ4v) is 3.79. The van der Waals surface area contributed by atoms with Crippen molar-refractivity contribution in [2.24, 2.45) is 0 Å². The van der Waals surface area contributed by atoms with Crippen LogP contribution in [0, 0.1) is 0 Å². The van der Waals surface area contributed by atoms with Crippen LogP contribution in [0.5, 0.6) is 0 Å². The summed E-state index contributed by atoms with van der Waals surface area (Å²) in [5.41, 5.74) is 4.36. The quantitative estimate of drug-likeness (QED) is 0.396. The number of hydrogen-bond donors (Lipinski definition) is 1. The summed E-state index contributed by atoms with van der Waals surface area (Å²) < 4.78 is 2.15. The molecule has 0 saturated carbocycles. The molecule has 2 aromatic heterocycles. The Morgan fingerprint density at radius 3 is 2.48 bits per heavy atom. The van der Waals surface area contributed by atoms with Crippen molar-refractivity contribution < 1.29 is 0 Å². The molecular formula is C20H13ClN2. The van der Waals surface area contributed by atoms with Crippen LogP contribution in [0.2, 0.25) is 5.02 Å². The second-order valence-corrected chi connectivity index (χ2v) is 6.12. The van der Waals surface area contributed by atoms with E-state index in [1.807, 2.05) is 30.3 Å². The van der Waals surface area contributed by atoms with Crippen LogP contribution in [0.25, 0.3) is 38.4 Å². The number of halogens is 1. The first-order chi connectivity index (χ1) is 11.3. The summed E-state index contributed by atoms with van der Waals surface area (Å²) in [4.78, 5) is 3.47. The molecule has 0 saturated heterocycles. The van der Waals surface area contributed by atoms with E-state index in [1.165, 1.54) is 0 Å². The minimum Gasteiger partial charge on any atom is -0.354 e. The van der Waals surface area contributed by atoms with Crippen molar-refractivity contribution in [3.8, 4) is 5.69 Å². The lowest BCUT2D eigenvalue weighted by Crippen LogP contribution is -1.91. The predicted molar refractivity (Wildman–Crippen MR) is 97.6 cm³/mol. The molecule has 0 aliphatic carbocycles. The van der Waals surface area contributed by atoms with Crippen LogP contribution >= 0.6 is 11.6 Å². The highest BCUT2D eigenvalue weighted by molar-refractivity contribution is 6.42. The van der Waals surface area contributed by atoms with E-state index >= 15 is 0 Å². The van der Waals surface area contributed by atoms with E-state index < -0.39 is 0 Å². The lowest BCUT2D eigenvalue weighted by molar-refractivity contribution is 1.13. The van der Waals surface area contributed by atoms with Crippen molar-refractivity contribution in [1.82, 2.24) is 9.55 Å². The van der Waals surface area contributed by atoms with Crippen LogP contribution in [-0.4, -0.2) is 9.55 Å². The van der Waals surface area contributed by atoms with Gasteiger partial charge in [-0.25, -0.2) is 0 Å². The fraction of sp³-hybridized carbons (Fsp3) is 0. The van der Waals surface area contributed by atoms with Gasteiger partial charge in [-0.15, -0.1) is 0 Å². The van der Waals surface area contributed by atoms with Gasteiger partial charge in [-0.3, -0.25) is 0 Å². The average molecular weight is 317 g/mol. The largest absolute Gasteiger partial charge is 0.354 e. The molecular weight excluding hydrogens is 304 g/mol. The predicted octanol–water partition coefficient (Wildman–Crippen LogP) is 5.92. The zero-order valence-corrected chi connectivity index (χ0v) is 13.0. The van der Waals surface area contributed by atoms with Crippen molar-refractivity contribution in [2.45, 2.75) is 0 Å². The van der Waals surface area contributed by atoms with E-state index in [2.05, 4.69) is 52.1 Å². The molecule has 0 amide bonds. The number of para-hydroxylation sites is 2. The van der Waals surface area contributed by atoms with Gasteiger partial charge in [-0.1, -0.05) is 48.0 Å². The normalized spacial score (nSPS) is 11.7. The van der Waals surface area contributed by atoms with Crippen LogP contribution in [0.4, 0.5) is 0 Å². The van der Waals surface area contributed by atoms with Crippen molar-refractivity contribution in [1.29, 1.82) is 0 Å². The number of H-pyrrole nitrogens is 1. The standard InChI is InChI=1S/C20H13ClN2/c21-19-18-15-8-4-5-9-16(15)22-17(18)12-13-10-11-23(20(13)19)14-6-2-1-3-7-14/h1-12,22H. The van der Waals surface area contributed by atoms with E-state index in [9.17, 15) is 0 Å². The Labute approximate surface area is 137 Å². The summed E-state index contributed by atoms with van der Waals surface area (Å²) in [7, 11) is 0. The first kappa shape index (κ1) is 12.8. The number of aromatic amines is 1. The molecule has 0 fully saturated rings. The molecule has 5 aromatic rings. The molecule has 110 valence electrons. The maximum absolute atomic E-state index is 6.85. The maximum atomic E-state index is 6.85. The molecule has 23 heavy (non-hydrogen) atoms. The molecule has 3 aromatic carbocycles. The second kappa shape index (κ2) is 4.64. The number of hydrogen-bond acceptors (Lipinski definition) is 0. The third-order valence-electron chi connectivity index (χ3n) is 4.41. The summed E-state index contributed by atoms with van der Waals surface area (Å²) in [6.07, 6.45) is 2.08. The van der Waals surface area contributed by atoms with Gasteiger partial charge in [0.25, 0.3) is 0 Å². The van der Waals surface area contributed by atoms with Gasteiger partial charge in [-0.05, 0) is 30.3 Å². The van der Waals surface area contributed by atoms with E-state index in [0.717, 1.165) is 43.4 Å². The third-order valence-corrected chi connectivity index (χ3v) is 4.78. The summed E-state index contributed by atoms with van der Waals surface area (Å²) >= 11 is 6.85. The SMILES string of the molecule is Clc1c2c(cc3ccn(-c4ccccc4)c13)[nH]c1ccccc12. The Bertz CT molecular complexity index is 1170. The van der Waals surface area contributed by atoms with Gasteiger partial charge in [0.15, 0.2) is 0 Å². The highest BCUT2D eigenvalue weighted by Gasteiger charge is 2.14. The molecule has 0 spiro atoms. The highest BCUT2D eigenvalue weighted by Crippen LogP contribution is 2.38. The van der Waals surface area contributed by atoms with Crippen LogP contribution in [0.3, 0.4) is 0 Å². The zero-order chi connectivity index (χ0) is 15.4. The second-order valence-electron chi connectivity index (χ2n) is 5.74. The van der Waals surface area contributed by atoms with E-state index in [-0.39, 0.29) is 0 Å². The average Bonchev–Trinajstić information content (AvgIpc) is 3.17. The van der Waals surface area contributed by atoms with Crippen LogP contribution in [0.15, 0.2) is 72.9 Å². The Morgan fingerprint density at radius 2 is 1.61 bits per heavy atom. The molecule has 0 atom stereocenters. The number of nitrogens with zero attached hydrogens (tertiary/aromatic N) is 1. The minimum absolute atomic E-state index is 0.795. The monoisotopic (exact) mass is 316 g/mol. The summed E-state index contributed by atoms with van der Waals surface area (Å²) in [5.74, 6) is 0. The lowest BCUT2D eigenvalue weighted by atomic mass is 10.1. The lowest BCUT2D eigenvalue weighted by Gasteiger charge is -2.07. The smallest absolute Gasteiger partial charge is 0.0752 e. The summed E-state index contributed by atoms with van der Waals surface area (Å²) in [5, 5.41) is 4.18. The molecule has 5 rings (SSSR count). The first-order valence-corrected chi connectivity index (χ1v) is 7.96. The maximum Gasteiger partial charge on any atom is 0.0752 e. The molecule has 1 N–H and O–H groups in total. The fourth-order valence-electron chi connectivity index (χ4n) is 3.38. The Kier molecular flexibility index (Phi) is 2.58. The first-order valence-electron chi connectivity index (χ1n) is 7.58. The van der Waals surface area contributed by atoms with Gasteiger partial charge in [0.1, 0.15) is 0 Å². The number of benzene rings is 3. The van der Waals surface area contributed by atoms with Gasteiger partial charge in [0.2, 0.25) is 0 Å². The van der Waals surface area contributed by atoms with Crippen molar-refractivity contribution in [3.05, 3.63) is 77.9 Å². The molecule has 0 unspecified atom stereocenters. The number of nitrogens with one attached hydrogen (secondary N) is 1. The van der Waals surface area contributed by atoms with Crippen molar-refractivity contribution in [3.63, 3.8) is 0 Å². The van der Waals surface area contributed by atoms with Crippen LogP contribution < -0.4 is 0 Å². The number of aromatic nitrogens is 2. The molecule has 2 nitrogen and oxygen atoms in total. The minimum atomic E-state index is 0.795. The van der Waals surface area contributed by atoms with Gasteiger partial charge in [-0.2, -0.15) is 0 Å². The summed E-state index contributed by atoms with van der Waals surface area (Å²) in [6.45, 7) is 0. The van der Waals surface area contributed by atoms with E-state index in [0.29, 0.717) is 0 Å². The van der Waals surface area contributed by atoms with Gasteiger partial charge < -0.3 is 9.55 Å². The Morgan fingerprint density at radius 1 is 0.826 bits per heavy atom. The van der Waals surface area contributed by atoms with E-state index in [4.69, 9.17) is 11.6 Å². The summed E-state index contributed by atoms with van der Waals surface area (Å²) in [6, 6.07) is 22.9. The molecule has 0 radical (unpaired) electrons. The highest BCUT2D eigenvalue weighted by atomic mass is 35.5. The van der Waals surface area contributed by atoms with E-state index in [1.54, 1.807) is 0 Å². The number of rotatable bonds is 1. The molecule has 3 heteroatoms. The van der Waals surface area contributed by atoms with Crippen molar-refractivity contribution in [2.75, 3.05) is 0 Å². The Hall–Kier alpha value is -2.71. The third kappa shape index (κ3) is 1.76. The topological polar surface area (TPSA) is 20.7 Å². The van der Waals surface area contributed by atoms with Gasteiger partial charge in [0.05, 0.1) is 10.5 Å². The van der Waals surface area contributed by atoms with Crippen LogP contribution in [0.1, 0.15) is 0 Å². The number of fused-ring (bicyclic) bond motifs is 4. The van der Waals surface area contributed by atoms with Crippen molar-refractivity contribution >= 4 is 44.3 Å². The Balaban J connectivity index is 1.95. The van der Waals surface area contributed by atoms with Crippen LogP contribution in [-0.2, 0) is 0 Å². The molecule has 0 aliphatic rings. The molecule has 0 aliphatic heterocycles. The van der Waals surface area contributed by atoms with Gasteiger partial charge in [0, 0.05) is 39.1 Å². The van der Waals surface area contributed by atoms with Gasteiger partial charge >= 0.3 is 0 Å².